The van der Waals surface area contributed by atoms with Crippen LogP contribution >= 0.6 is 0 Å². The number of carbonyl (C=O) groups is 1. The summed E-state index contributed by atoms with van der Waals surface area (Å²) in [6.45, 7) is 4.53. The molecule has 0 spiro atoms. The van der Waals surface area contributed by atoms with E-state index in [2.05, 4.69) is 9.97 Å². The molecule has 0 radical (unpaired) electrons. The molecule has 0 fully saturated rings. The summed E-state index contributed by atoms with van der Waals surface area (Å²) < 4.78 is 15.9. The fourth-order valence-corrected chi connectivity index (χ4v) is 2.67. The lowest BCUT2D eigenvalue weighted by Gasteiger charge is -2.29. The van der Waals surface area contributed by atoms with Crippen molar-refractivity contribution in [2.24, 2.45) is 0 Å². The molecule has 2 aromatic rings. The number of hydrogen-bond donors (Lipinski definition) is 0. The molecule has 0 N–H and O–H groups in total. The number of amides is 1. The average Bonchev–Trinajstić information content (AvgIpc) is 2.65. The van der Waals surface area contributed by atoms with Gasteiger partial charge in [0, 0.05) is 25.9 Å². The molecule has 140 valence electrons. The van der Waals surface area contributed by atoms with Crippen LogP contribution in [0.4, 0.5) is 0 Å². The van der Waals surface area contributed by atoms with Gasteiger partial charge in [0.2, 0.25) is 0 Å². The molecule has 0 aliphatic heterocycles. The van der Waals surface area contributed by atoms with Crippen LogP contribution < -0.4 is 9.47 Å². The molecule has 7 heteroatoms. The van der Waals surface area contributed by atoms with Gasteiger partial charge in [-0.2, -0.15) is 0 Å². The lowest BCUT2D eigenvalue weighted by Crippen LogP contribution is -2.41. The summed E-state index contributed by atoms with van der Waals surface area (Å²) in [5.74, 6) is 1.20. The Bertz CT molecular complexity index is 729. The second kappa shape index (κ2) is 9.15. The maximum Gasteiger partial charge on any atom is 0.257 e. The smallest absolute Gasteiger partial charge is 0.257 e. The molecule has 0 bridgehead atoms. The highest BCUT2D eigenvalue weighted by atomic mass is 16.5. The number of ether oxygens (including phenoxy) is 3. The molecule has 1 atom stereocenters. The summed E-state index contributed by atoms with van der Waals surface area (Å²) in [7, 11) is 4.81. The first-order valence-electron chi connectivity index (χ1n) is 8.28. The van der Waals surface area contributed by atoms with E-state index in [1.54, 1.807) is 45.4 Å². The topological polar surface area (TPSA) is 73.8 Å². The Kier molecular flexibility index (Phi) is 6.91. The zero-order chi connectivity index (χ0) is 19.1. The minimum absolute atomic E-state index is 0.135. The van der Waals surface area contributed by atoms with Gasteiger partial charge in [-0.05, 0) is 31.5 Å². The molecule has 1 amide bonds. The van der Waals surface area contributed by atoms with Crippen LogP contribution in [0.1, 0.15) is 28.5 Å². The van der Waals surface area contributed by atoms with E-state index >= 15 is 0 Å². The summed E-state index contributed by atoms with van der Waals surface area (Å²) in [6, 6.07) is 5.43. The molecule has 0 unspecified atom stereocenters. The van der Waals surface area contributed by atoms with Gasteiger partial charge in [0.05, 0.1) is 38.1 Å². The Morgan fingerprint density at radius 3 is 2.35 bits per heavy atom. The number of methoxy groups -OCH3 is 3. The Morgan fingerprint density at radius 1 is 1.15 bits per heavy atom. The molecule has 26 heavy (non-hydrogen) atoms. The zero-order valence-corrected chi connectivity index (χ0v) is 15.9. The Balaban J connectivity index is 2.37. The predicted molar refractivity (Wildman–Crippen MR) is 97.5 cm³/mol. The van der Waals surface area contributed by atoms with Gasteiger partial charge in [0.25, 0.3) is 5.91 Å². The van der Waals surface area contributed by atoms with Crippen molar-refractivity contribution in [1.82, 2.24) is 14.9 Å². The fourth-order valence-electron chi connectivity index (χ4n) is 2.67. The average molecular weight is 359 g/mol. The van der Waals surface area contributed by atoms with Gasteiger partial charge < -0.3 is 19.1 Å². The highest BCUT2D eigenvalue weighted by molar-refractivity contribution is 5.95. The van der Waals surface area contributed by atoms with E-state index in [-0.39, 0.29) is 11.9 Å². The highest BCUT2D eigenvalue weighted by Gasteiger charge is 2.24. The van der Waals surface area contributed by atoms with E-state index in [1.807, 2.05) is 19.1 Å². The predicted octanol–water partition coefficient (Wildman–Crippen LogP) is 2.48. The maximum atomic E-state index is 13.1. The van der Waals surface area contributed by atoms with Crippen LogP contribution in [-0.2, 0) is 11.3 Å². The van der Waals surface area contributed by atoms with Crippen molar-refractivity contribution < 1.29 is 19.0 Å². The Labute approximate surface area is 153 Å². The molecule has 1 heterocycles. The summed E-state index contributed by atoms with van der Waals surface area (Å²) in [4.78, 5) is 23.0. The lowest BCUT2D eigenvalue weighted by atomic mass is 10.1. The summed E-state index contributed by atoms with van der Waals surface area (Å²) >= 11 is 0. The third kappa shape index (κ3) is 4.70. The van der Waals surface area contributed by atoms with Crippen LogP contribution in [0.25, 0.3) is 0 Å². The van der Waals surface area contributed by atoms with Gasteiger partial charge >= 0.3 is 0 Å². The van der Waals surface area contributed by atoms with Crippen LogP contribution in [0, 0.1) is 6.92 Å². The van der Waals surface area contributed by atoms with E-state index in [9.17, 15) is 4.79 Å². The number of benzene rings is 1. The summed E-state index contributed by atoms with van der Waals surface area (Å²) in [5.41, 5.74) is 2.01. The van der Waals surface area contributed by atoms with Crippen LogP contribution in [0.5, 0.6) is 11.5 Å². The number of carbonyl (C=O) groups excluding carboxylic acids is 1. The van der Waals surface area contributed by atoms with E-state index in [1.165, 1.54) is 6.33 Å². The molecular formula is C19H25N3O4. The van der Waals surface area contributed by atoms with Gasteiger partial charge in [-0.1, -0.05) is 0 Å². The van der Waals surface area contributed by atoms with Crippen LogP contribution in [-0.4, -0.2) is 54.8 Å². The van der Waals surface area contributed by atoms with Crippen molar-refractivity contribution >= 4 is 5.91 Å². The molecule has 2 rings (SSSR count). The molecule has 0 saturated carbocycles. The van der Waals surface area contributed by atoms with Crippen LogP contribution in [0.15, 0.2) is 30.7 Å². The van der Waals surface area contributed by atoms with Crippen LogP contribution in [0.2, 0.25) is 0 Å². The first kappa shape index (κ1) is 19.7. The molecule has 1 aromatic heterocycles. The van der Waals surface area contributed by atoms with Crippen molar-refractivity contribution in [3.05, 3.63) is 47.5 Å². The number of aromatic nitrogens is 2. The standard InChI is InChI=1S/C19H25N3O4/c1-13(11-24-3)22(19(23)18-9-20-12-21-14(18)2)10-15-6-16(25-4)8-17(7-15)26-5/h6-9,12-13H,10-11H2,1-5H3/t13-/m0/s1. The Morgan fingerprint density at radius 2 is 1.81 bits per heavy atom. The minimum atomic E-state index is -0.144. The van der Waals surface area contributed by atoms with Crippen molar-refractivity contribution in [3.63, 3.8) is 0 Å². The second-order valence-electron chi connectivity index (χ2n) is 5.98. The maximum absolute atomic E-state index is 13.1. The van der Waals surface area contributed by atoms with Crippen molar-refractivity contribution in [2.75, 3.05) is 27.9 Å². The quantitative estimate of drug-likeness (QED) is 0.721. The highest BCUT2D eigenvalue weighted by Crippen LogP contribution is 2.24. The molecule has 0 saturated heterocycles. The number of hydrogen-bond acceptors (Lipinski definition) is 6. The van der Waals surface area contributed by atoms with Crippen molar-refractivity contribution in [2.45, 2.75) is 26.4 Å². The van der Waals surface area contributed by atoms with Crippen molar-refractivity contribution in [3.8, 4) is 11.5 Å². The summed E-state index contributed by atoms with van der Waals surface area (Å²) in [6.07, 6.45) is 2.98. The summed E-state index contributed by atoms with van der Waals surface area (Å²) in [5, 5.41) is 0. The van der Waals surface area contributed by atoms with Gasteiger partial charge in [-0.3, -0.25) is 4.79 Å². The van der Waals surface area contributed by atoms with Gasteiger partial charge in [-0.25, -0.2) is 9.97 Å². The molecule has 0 aliphatic rings. The molecular weight excluding hydrogens is 334 g/mol. The zero-order valence-electron chi connectivity index (χ0n) is 15.9. The van der Waals surface area contributed by atoms with E-state index in [0.717, 1.165) is 5.56 Å². The molecule has 7 nitrogen and oxygen atoms in total. The third-order valence-electron chi connectivity index (χ3n) is 4.11. The van der Waals surface area contributed by atoms with Gasteiger partial charge in [0.15, 0.2) is 0 Å². The van der Waals surface area contributed by atoms with Gasteiger partial charge in [-0.15, -0.1) is 0 Å². The van der Waals surface area contributed by atoms with E-state index < -0.39 is 0 Å². The molecule has 0 aliphatic carbocycles. The van der Waals surface area contributed by atoms with E-state index in [4.69, 9.17) is 14.2 Å². The van der Waals surface area contributed by atoms with Crippen molar-refractivity contribution in [1.29, 1.82) is 0 Å². The van der Waals surface area contributed by atoms with Crippen LogP contribution in [0.3, 0.4) is 0 Å². The normalized spacial score (nSPS) is 11.7. The number of rotatable bonds is 8. The lowest BCUT2D eigenvalue weighted by molar-refractivity contribution is 0.0540. The monoisotopic (exact) mass is 359 g/mol. The minimum Gasteiger partial charge on any atom is -0.497 e. The SMILES string of the molecule is COC[C@H](C)N(Cc1cc(OC)cc(OC)c1)C(=O)c1cncnc1C. The second-order valence-corrected chi connectivity index (χ2v) is 5.98. The third-order valence-corrected chi connectivity index (χ3v) is 4.11. The molecule has 1 aromatic carbocycles. The van der Waals surface area contributed by atoms with Gasteiger partial charge in [0.1, 0.15) is 17.8 Å². The van der Waals surface area contributed by atoms with E-state index in [0.29, 0.717) is 35.9 Å². The number of nitrogens with zero attached hydrogens (tertiary/aromatic N) is 3. The first-order chi connectivity index (χ1) is 12.5. The first-order valence-corrected chi connectivity index (χ1v) is 8.28. The largest absolute Gasteiger partial charge is 0.497 e. The fraction of sp³-hybridized carbons (Fsp3) is 0.421. The number of aryl methyl sites for hydroxylation is 1. The Hall–Kier alpha value is -2.67.